The molecule has 0 bridgehead atoms. The summed E-state index contributed by atoms with van der Waals surface area (Å²) in [5.41, 5.74) is 6.04. The van der Waals surface area contributed by atoms with Gasteiger partial charge in [0.1, 0.15) is 0 Å². The van der Waals surface area contributed by atoms with Crippen LogP contribution in [0.5, 0.6) is 11.5 Å². The molecule has 20 heavy (non-hydrogen) atoms. The van der Waals surface area contributed by atoms with Gasteiger partial charge in [0, 0.05) is 17.8 Å². The summed E-state index contributed by atoms with van der Waals surface area (Å²) < 4.78 is 34.3. The highest BCUT2D eigenvalue weighted by Gasteiger charge is 2.43. The van der Waals surface area contributed by atoms with E-state index < -0.39 is 6.29 Å². The fourth-order valence-corrected chi connectivity index (χ4v) is 2.18. The molecule has 0 fully saturated rings. The smallest absolute Gasteiger partial charge is 0.395 e. The molecular weight excluding hydrogens is 270 g/mol. The van der Waals surface area contributed by atoms with Crippen molar-refractivity contribution in [2.45, 2.75) is 18.8 Å². The van der Waals surface area contributed by atoms with Crippen molar-refractivity contribution in [3.63, 3.8) is 0 Å². The van der Waals surface area contributed by atoms with Crippen molar-refractivity contribution in [2.24, 2.45) is 11.7 Å². The van der Waals surface area contributed by atoms with Crippen LogP contribution in [0.4, 0.5) is 14.5 Å². The number of alkyl halides is 2. The zero-order chi connectivity index (χ0) is 14.3. The SMILES string of the molecule is NC1C=CC(C(=O)Nc2ccc3c(c2)OC(F)(F)O3)C1. The number of hydrogen-bond donors (Lipinski definition) is 2. The number of carbonyl (C=O) groups is 1. The van der Waals surface area contributed by atoms with Crippen LogP contribution in [-0.2, 0) is 4.79 Å². The summed E-state index contributed by atoms with van der Waals surface area (Å²) in [7, 11) is 0. The van der Waals surface area contributed by atoms with Crippen molar-refractivity contribution < 1.29 is 23.0 Å². The standard InChI is InChI=1S/C13H12F2N2O3/c14-13(15)19-10-4-3-9(6-11(10)20-13)17-12(18)7-1-2-8(16)5-7/h1-4,6-8H,5,16H2,(H,17,18). The highest BCUT2D eigenvalue weighted by Crippen LogP contribution is 2.42. The van der Waals surface area contributed by atoms with Crippen LogP contribution in [0.1, 0.15) is 6.42 Å². The summed E-state index contributed by atoms with van der Waals surface area (Å²) in [5, 5.41) is 2.64. The van der Waals surface area contributed by atoms with Crippen LogP contribution in [0.15, 0.2) is 30.4 Å². The molecule has 106 valence electrons. The van der Waals surface area contributed by atoms with Crippen molar-refractivity contribution in [3.05, 3.63) is 30.4 Å². The molecule has 1 aromatic carbocycles. The number of carbonyl (C=O) groups excluding carboxylic acids is 1. The van der Waals surface area contributed by atoms with E-state index >= 15 is 0 Å². The summed E-state index contributed by atoms with van der Waals surface area (Å²) in [6.45, 7) is 0. The maximum absolute atomic E-state index is 12.9. The van der Waals surface area contributed by atoms with Gasteiger partial charge in [0.25, 0.3) is 0 Å². The molecule has 0 radical (unpaired) electrons. The molecule has 3 N–H and O–H groups in total. The predicted molar refractivity (Wildman–Crippen MR) is 66.5 cm³/mol. The molecule has 2 aliphatic rings. The number of halogens is 2. The molecule has 5 nitrogen and oxygen atoms in total. The molecule has 2 atom stereocenters. The number of benzene rings is 1. The normalized spacial score (nSPS) is 25.8. The first kappa shape index (κ1) is 12.9. The number of nitrogens with one attached hydrogen (secondary N) is 1. The van der Waals surface area contributed by atoms with Crippen LogP contribution in [-0.4, -0.2) is 18.2 Å². The van der Waals surface area contributed by atoms with Gasteiger partial charge in [-0.05, 0) is 18.6 Å². The van der Waals surface area contributed by atoms with Crippen LogP contribution in [0.3, 0.4) is 0 Å². The fourth-order valence-electron chi connectivity index (χ4n) is 2.18. The van der Waals surface area contributed by atoms with Crippen molar-refractivity contribution in [2.75, 3.05) is 5.32 Å². The van der Waals surface area contributed by atoms with Crippen molar-refractivity contribution >= 4 is 11.6 Å². The van der Waals surface area contributed by atoms with E-state index in [0.717, 1.165) is 0 Å². The molecule has 1 aliphatic carbocycles. The first-order chi connectivity index (χ1) is 9.43. The fraction of sp³-hybridized carbons (Fsp3) is 0.308. The maximum atomic E-state index is 12.9. The summed E-state index contributed by atoms with van der Waals surface area (Å²) in [4.78, 5) is 11.9. The number of rotatable bonds is 2. The van der Waals surface area contributed by atoms with E-state index in [1.165, 1.54) is 18.2 Å². The van der Waals surface area contributed by atoms with Gasteiger partial charge in [-0.25, -0.2) is 0 Å². The molecule has 2 unspecified atom stereocenters. The minimum atomic E-state index is -3.66. The number of ether oxygens (including phenoxy) is 2. The third-order valence-electron chi connectivity index (χ3n) is 3.12. The predicted octanol–water partition coefficient (Wildman–Crippen LogP) is 1.85. The molecule has 0 saturated heterocycles. The van der Waals surface area contributed by atoms with Gasteiger partial charge in [-0.15, -0.1) is 8.78 Å². The lowest BCUT2D eigenvalue weighted by atomic mass is 10.1. The Bertz CT molecular complexity index is 589. The van der Waals surface area contributed by atoms with E-state index in [2.05, 4.69) is 14.8 Å². The third-order valence-corrected chi connectivity index (χ3v) is 3.12. The number of hydrogen-bond acceptors (Lipinski definition) is 4. The van der Waals surface area contributed by atoms with Crippen LogP contribution >= 0.6 is 0 Å². The van der Waals surface area contributed by atoms with Crippen molar-refractivity contribution in [1.29, 1.82) is 0 Å². The first-order valence-corrected chi connectivity index (χ1v) is 6.08. The maximum Gasteiger partial charge on any atom is 0.586 e. The van der Waals surface area contributed by atoms with Gasteiger partial charge in [0.2, 0.25) is 5.91 Å². The lowest BCUT2D eigenvalue weighted by Crippen LogP contribution is -2.26. The molecule has 1 heterocycles. The molecule has 1 aromatic rings. The Labute approximate surface area is 113 Å². The Hall–Kier alpha value is -2.15. The topological polar surface area (TPSA) is 73.6 Å². The zero-order valence-electron chi connectivity index (χ0n) is 10.3. The van der Waals surface area contributed by atoms with Crippen LogP contribution in [0.25, 0.3) is 0 Å². The quantitative estimate of drug-likeness (QED) is 0.812. The highest BCUT2D eigenvalue weighted by molar-refractivity contribution is 5.94. The van der Waals surface area contributed by atoms with Gasteiger partial charge in [-0.2, -0.15) is 0 Å². The molecule has 0 aromatic heterocycles. The second kappa shape index (κ2) is 4.45. The van der Waals surface area contributed by atoms with Crippen LogP contribution in [0, 0.1) is 5.92 Å². The molecule has 0 saturated carbocycles. The van der Waals surface area contributed by atoms with Gasteiger partial charge in [0.15, 0.2) is 11.5 Å². The first-order valence-electron chi connectivity index (χ1n) is 6.08. The van der Waals surface area contributed by atoms with Crippen LogP contribution < -0.4 is 20.5 Å². The van der Waals surface area contributed by atoms with Gasteiger partial charge in [-0.3, -0.25) is 4.79 Å². The monoisotopic (exact) mass is 282 g/mol. The second-order valence-corrected chi connectivity index (χ2v) is 4.71. The summed E-state index contributed by atoms with van der Waals surface area (Å²) in [5.74, 6) is -0.709. The van der Waals surface area contributed by atoms with E-state index in [1.807, 2.05) is 0 Å². The lowest BCUT2D eigenvalue weighted by molar-refractivity contribution is -0.286. The summed E-state index contributed by atoms with van der Waals surface area (Å²) in [6.07, 6.45) is 0.381. The Morgan fingerprint density at radius 2 is 2.05 bits per heavy atom. The summed E-state index contributed by atoms with van der Waals surface area (Å²) >= 11 is 0. The number of amides is 1. The third kappa shape index (κ3) is 2.44. The van der Waals surface area contributed by atoms with E-state index in [9.17, 15) is 13.6 Å². The number of nitrogens with two attached hydrogens (primary N) is 1. The minimum absolute atomic E-state index is 0.0595. The lowest BCUT2D eigenvalue weighted by Gasteiger charge is -2.10. The molecule has 7 heteroatoms. The van der Waals surface area contributed by atoms with E-state index in [4.69, 9.17) is 5.73 Å². The van der Waals surface area contributed by atoms with E-state index in [0.29, 0.717) is 12.1 Å². The Morgan fingerprint density at radius 1 is 1.30 bits per heavy atom. The van der Waals surface area contributed by atoms with Gasteiger partial charge < -0.3 is 20.5 Å². The minimum Gasteiger partial charge on any atom is -0.395 e. The second-order valence-electron chi connectivity index (χ2n) is 4.71. The molecule has 1 amide bonds. The van der Waals surface area contributed by atoms with E-state index in [1.54, 1.807) is 12.2 Å². The average molecular weight is 282 g/mol. The Kier molecular flexibility index (Phi) is 2.86. The Balaban J connectivity index is 1.71. The van der Waals surface area contributed by atoms with E-state index in [-0.39, 0.29) is 29.4 Å². The highest BCUT2D eigenvalue weighted by atomic mass is 19.3. The average Bonchev–Trinajstić information content (AvgIpc) is 2.90. The summed E-state index contributed by atoms with van der Waals surface area (Å²) in [6, 6.07) is 3.97. The Morgan fingerprint density at radius 3 is 2.75 bits per heavy atom. The van der Waals surface area contributed by atoms with Gasteiger partial charge in [-0.1, -0.05) is 12.2 Å². The molecular formula is C13H12F2N2O3. The van der Waals surface area contributed by atoms with Crippen molar-refractivity contribution in [1.82, 2.24) is 0 Å². The zero-order valence-corrected chi connectivity index (χ0v) is 10.3. The van der Waals surface area contributed by atoms with Crippen molar-refractivity contribution in [3.8, 4) is 11.5 Å². The van der Waals surface area contributed by atoms with Gasteiger partial charge >= 0.3 is 6.29 Å². The molecule has 1 aliphatic heterocycles. The van der Waals surface area contributed by atoms with Crippen LogP contribution in [0.2, 0.25) is 0 Å². The van der Waals surface area contributed by atoms with Gasteiger partial charge in [0.05, 0.1) is 5.92 Å². The number of fused-ring (bicyclic) bond motifs is 1. The molecule has 3 rings (SSSR count). The molecule has 0 spiro atoms. The number of anilines is 1. The largest absolute Gasteiger partial charge is 0.586 e.